The summed E-state index contributed by atoms with van der Waals surface area (Å²) >= 11 is 0. The van der Waals surface area contributed by atoms with Crippen LogP contribution in [-0.4, -0.2) is 18.6 Å². The molecule has 1 aliphatic rings. The predicted molar refractivity (Wildman–Crippen MR) is 103 cm³/mol. The van der Waals surface area contributed by atoms with Crippen molar-refractivity contribution >= 4 is 29.7 Å². The molecule has 24 heavy (non-hydrogen) atoms. The van der Waals surface area contributed by atoms with Gasteiger partial charge >= 0.3 is 0 Å². The van der Waals surface area contributed by atoms with Crippen molar-refractivity contribution in [3.63, 3.8) is 0 Å². The first kappa shape index (κ1) is 20.8. The van der Waals surface area contributed by atoms with Crippen LogP contribution in [0.25, 0.3) is 0 Å². The number of amides is 1. The molecule has 0 heterocycles. The largest absolute Gasteiger partial charge is 0.399 e. The van der Waals surface area contributed by atoms with E-state index in [1.807, 2.05) is 19.1 Å². The van der Waals surface area contributed by atoms with E-state index in [1.165, 1.54) is 12.8 Å². The summed E-state index contributed by atoms with van der Waals surface area (Å²) in [6.45, 7) is 8.81. The monoisotopic (exact) mass is 354 g/mol. The van der Waals surface area contributed by atoms with E-state index in [4.69, 9.17) is 10.5 Å². The Morgan fingerprint density at radius 2 is 2.08 bits per heavy atom. The van der Waals surface area contributed by atoms with Crippen LogP contribution in [0.4, 0.5) is 11.4 Å². The van der Waals surface area contributed by atoms with Crippen molar-refractivity contribution < 1.29 is 9.53 Å². The molecule has 4 nitrogen and oxygen atoms in total. The quantitative estimate of drug-likeness (QED) is 0.769. The maximum absolute atomic E-state index is 12.2. The molecule has 1 aromatic carbocycles. The Kier molecular flexibility index (Phi) is 8.04. The third-order valence-electron chi connectivity index (χ3n) is 4.93. The van der Waals surface area contributed by atoms with Gasteiger partial charge < -0.3 is 15.8 Å². The van der Waals surface area contributed by atoms with Gasteiger partial charge in [-0.1, -0.05) is 33.3 Å². The minimum atomic E-state index is -0.112. The van der Waals surface area contributed by atoms with E-state index in [1.54, 1.807) is 6.07 Å². The molecule has 3 N–H and O–H groups in total. The Balaban J connectivity index is 0.00000288. The zero-order chi connectivity index (χ0) is 17.0. The van der Waals surface area contributed by atoms with Crippen LogP contribution in [0.15, 0.2) is 18.2 Å². The second kappa shape index (κ2) is 9.28. The molecule has 0 aliphatic heterocycles. The zero-order valence-electron chi connectivity index (χ0n) is 15.2. The minimum absolute atomic E-state index is 0. The predicted octanol–water partition coefficient (Wildman–Crippen LogP) is 4.41. The van der Waals surface area contributed by atoms with Gasteiger partial charge in [-0.05, 0) is 55.2 Å². The molecule has 1 aliphatic carbocycles. The van der Waals surface area contributed by atoms with Gasteiger partial charge in [-0.15, -0.1) is 12.4 Å². The lowest BCUT2D eigenvalue weighted by Gasteiger charge is -2.37. The number of benzene rings is 1. The van der Waals surface area contributed by atoms with Crippen LogP contribution in [0.2, 0.25) is 0 Å². The normalized spacial score (nSPS) is 23.6. The minimum Gasteiger partial charge on any atom is -0.399 e. The number of hydrogen-bond acceptors (Lipinski definition) is 3. The van der Waals surface area contributed by atoms with Gasteiger partial charge in [0.15, 0.2) is 0 Å². The lowest BCUT2D eigenvalue weighted by Crippen LogP contribution is -2.36. The molecule has 0 saturated heterocycles. The number of carbonyl (C=O) groups excluding carboxylic acids is 1. The van der Waals surface area contributed by atoms with E-state index in [2.05, 4.69) is 26.1 Å². The van der Waals surface area contributed by atoms with E-state index in [9.17, 15) is 4.79 Å². The van der Waals surface area contributed by atoms with Crippen LogP contribution in [0.5, 0.6) is 0 Å². The average molecular weight is 355 g/mol. The second-order valence-corrected chi connectivity index (χ2v) is 7.30. The number of halogens is 1. The van der Waals surface area contributed by atoms with Crippen LogP contribution in [0.1, 0.15) is 45.6 Å². The lowest BCUT2D eigenvalue weighted by atomic mass is 9.75. The topological polar surface area (TPSA) is 64.3 Å². The molecule has 2 rings (SSSR count). The molecule has 0 bridgehead atoms. The highest BCUT2D eigenvalue weighted by Crippen LogP contribution is 2.35. The molecule has 1 fully saturated rings. The first-order valence-corrected chi connectivity index (χ1v) is 8.64. The summed E-state index contributed by atoms with van der Waals surface area (Å²) in [5.74, 6) is 1.70. The van der Waals surface area contributed by atoms with Gasteiger partial charge in [-0.25, -0.2) is 0 Å². The molecule has 3 atom stereocenters. The number of rotatable bonds is 5. The summed E-state index contributed by atoms with van der Waals surface area (Å²) < 4.78 is 5.99. The third-order valence-corrected chi connectivity index (χ3v) is 4.93. The lowest BCUT2D eigenvalue weighted by molar-refractivity contribution is -0.126. The number of nitrogens with one attached hydrogen (secondary N) is 1. The summed E-state index contributed by atoms with van der Waals surface area (Å²) in [4.78, 5) is 12.2. The van der Waals surface area contributed by atoms with Crippen molar-refractivity contribution in [1.29, 1.82) is 0 Å². The smallest absolute Gasteiger partial charge is 0.250 e. The van der Waals surface area contributed by atoms with Crippen LogP contribution < -0.4 is 11.1 Å². The number of nitrogens with two attached hydrogens (primary N) is 1. The van der Waals surface area contributed by atoms with Crippen molar-refractivity contribution in [1.82, 2.24) is 0 Å². The Bertz CT molecular complexity index is 548. The Morgan fingerprint density at radius 3 is 2.75 bits per heavy atom. The third kappa shape index (κ3) is 5.67. The fourth-order valence-corrected chi connectivity index (χ4v) is 3.45. The highest BCUT2D eigenvalue weighted by Gasteiger charge is 2.31. The highest BCUT2D eigenvalue weighted by atomic mass is 35.5. The van der Waals surface area contributed by atoms with Crippen molar-refractivity contribution in [2.75, 3.05) is 17.7 Å². The van der Waals surface area contributed by atoms with Gasteiger partial charge in [-0.3, -0.25) is 4.79 Å². The second-order valence-electron chi connectivity index (χ2n) is 7.30. The molecular weight excluding hydrogens is 324 g/mol. The van der Waals surface area contributed by atoms with E-state index in [0.29, 0.717) is 23.4 Å². The summed E-state index contributed by atoms with van der Waals surface area (Å²) in [5.41, 5.74) is 8.18. The molecule has 1 saturated carbocycles. The fraction of sp³-hybridized carbons (Fsp3) is 0.632. The molecule has 1 aromatic rings. The number of carbonyl (C=O) groups is 1. The van der Waals surface area contributed by atoms with Crippen LogP contribution in [-0.2, 0) is 9.53 Å². The molecule has 0 spiro atoms. The van der Waals surface area contributed by atoms with Crippen molar-refractivity contribution in [2.45, 2.75) is 53.1 Å². The first-order chi connectivity index (χ1) is 10.9. The maximum atomic E-state index is 12.2. The number of hydrogen-bond donors (Lipinski definition) is 2. The van der Waals surface area contributed by atoms with Gasteiger partial charge in [0.05, 0.1) is 6.10 Å². The summed E-state index contributed by atoms with van der Waals surface area (Å²) in [5, 5.41) is 2.90. The fourth-order valence-electron chi connectivity index (χ4n) is 3.45. The van der Waals surface area contributed by atoms with Crippen LogP contribution in [0, 0.1) is 24.7 Å². The van der Waals surface area contributed by atoms with Crippen LogP contribution >= 0.6 is 12.4 Å². The molecule has 136 valence electrons. The van der Waals surface area contributed by atoms with Crippen molar-refractivity contribution in [2.24, 2.45) is 17.8 Å². The van der Waals surface area contributed by atoms with E-state index in [0.717, 1.165) is 17.7 Å². The Morgan fingerprint density at radius 1 is 1.38 bits per heavy atom. The zero-order valence-corrected chi connectivity index (χ0v) is 16.0. The highest BCUT2D eigenvalue weighted by molar-refractivity contribution is 5.92. The van der Waals surface area contributed by atoms with E-state index >= 15 is 0 Å². The number of aryl methyl sites for hydroxylation is 1. The Labute approximate surface area is 151 Å². The number of anilines is 2. The number of ether oxygens (including phenoxy) is 1. The van der Waals surface area contributed by atoms with Crippen molar-refractivity contribution in [3.05, 3.63) is 23.8 Å². The molecule has 3 unspecified atom stereocenters. The molecule has 1 amide bonds. The SMILES string of the molecule is Cc1ccc(N)cc1NC(=O)COC1CC(C)CCC1C(C)C.Cl. The number of nitrogen functional groups attached to an aromatic ring is 1. The molecular formula is C19H31ClN2O2. The molecule has 0 radical (unpaired) electrons. The van der Waals surface area contributed by atoms with Gasteiger partial charge in [0.2, 0.25) is 5.91 Å². The average Bonchev–Trinajstić information content (AvgIpc) is 2.48. The van der Waals surface area contributed by atoms with Gasteiger partial charge in [-0.2, -0.15) is 0 Å². The standard InChI is InChI=1S/C19H30N2O2.ClH/c1-12(2)16-8-5-13(3)9-18(16)23-11-19(22)21-17-10-15(20)7-6-14(17)4;/h6-7,10,12-13,16,18H,5,8-9,11,20H2,1-4H3,(H,21,22);1H. The Hall–Kier alpha value is -1.26. The molecule has 0 aromatic heterocycles. The van der Waals surface area contributed by atoms with Gasteiger partial charge in [0.1, 0.15) is 6.61 Å². The van der Waals surface area contributed by atoms with Gasteiger partial charge in [0, 0.05) is 11.4 Å². The summed E-state index contributed by atoms with van der Waals surface area (Å²) in [7, 11) is 0. The summed E-state index contributed by atoms with van der Waals surface area (Å²) in [6.07, 6.45) is 3.69. The van der Waals surface area contributed by atoms with Crippen LogP contribution in [0.3, 0.4) is 0 Å². The first-order valence-electron chi connectivity index (χ1n) is 8.64. The van der Waals surface area contributed by atoms with E-state index < -0.39 is 0 Å². The van der Waals surface area contributed by atoms with E-state index in [-0.39, 0.29) is 31.0 Å². The maximum Gasteiger partial charge on any atom is 0.250 e. The summed E-state index contributed by atoms with van der Waals surface area (Å²) in [6, 6.07) is 5.52. The molecule has 5 heteroatoms. The van der Waals surface area contributed by atoms with Gasteiger partial charge in [0.25, 0.3) is 0 Å². The van der Waals surface area contributed by atoms with Crippen molar-refractivity contribution in [3.8, 4) is 0 Å².